The summed E-state index contributed by atoms with van der Waals surface area (Å²) >= 11 is 1.51. The Kier molecular flexibility index (Phi) is 6.10. The van der Waals surface area contributed by atoms with Crippen molar-refractivity contribution in [2.45, 2.75) is 56.4 Å². The van der Waals surface area contributed by atoms with Gasteiger partial charge >= 0.3 is 5.97 Å². The fraction of sp³-hybridized carbons (Fsp3) is 0.556. The summed E-state index contributed by atoms with van der Waals surface area (Å²) in [6.45, 7) is 4.08. The first-order valence-corrected chi connectivity index (χ1v) is 9.05. The van der Waals surface area contributed by atoms with E-state index in [4.69, 9.17) is 4.74 Å². The summed E-state index contributed by atoms with van der Waals surface area (Å²) in [5, 5.41) is 2.95. The first kappa shape index (κ1) is 17.9. The molecule has 0 radical (unpaired) electrons. The molecule has 0 bridgehead atoms. The number of carbonyl (C=O) groups excluding carboxylic acids is 2. The Morgan fingerprint density at radius 2 is 1.91 bits per heavy atom. The van der Waals surface area contributed by atoms with E-state index in [-0.39, 0.29) is 11.9 Å². The molecule has 0 heterocycles. The lowest BCUT2D eigenvalue weighted by atomic mass is 9.81. The highest BCUT2D eigenvalue weighted by Gasteiger charge is 2.41. The number of amides is 1. The molecule has 1 N–H and O–H groups in total. The van der Waals surface area contributed by atoms with Gasteiger partial charge in [0.05, 0.1) is 12.9 Å². The SMILES string of the molecule is COC(=O)C1(NC(=O)CSc2cc(C)ccc2C)CCCCC1. The highest BCUT2D eigenvalue weighted by Crippen LogP contribution is 2.30. The molecule has 1 amide bonds. The molecule has 2 rings (SSSR count). The van der Waals surface area contributed by atoms with Crippen LogP contribution in [0.3, 0.4) is 0 Å². The number of hydrogen-bond donors (Lipinski definition) is 1. The van der Waals surface area contributed by atoms with E-state index >= 15 is 0 Å². The van der Waals surface area contributed by atoms with Gasteiger partial charge in [0.25, 0.3) is 0 Å². The number of rotatable bonds is 5. The Labute approximate surface area is 142 Å². The number of nitrogens with one attached hydrogen (secondary N) is 1. The van der Waals surface area contributed by atoms with Crippen LogP contribution in [0, 0.1) is 13.8 Å². The van der Waals surface area contributed by atoms with E-state index in [9.17, 15) is 9.59 Å². The van der Waals surface area contributed by atoms with Gasteiger partial charge in [0, 0.05) is 4.90 Å². The molecule has 0 spiro atoms. The molecule has 1 aromatic rings. The van der Waals surface area contributed by atoms with Crippen molar-refractivity contribution in [2.75, 3.05) is 12.9 Å². The van der Waals surface area contributed by atoms with Gasteiger partial charge in [0.1, 0.15) is 5.54 Å². The number of carbonyl (C=O) groups is 2. The summed E-state index contributed by atoms with van der Waals surface area (Å²) in [4.78, 5) is 25.6. The third-order valence-corrected chi connectivity index (χ3v) is 5.52. The number of hydrogen-bond acceptors (Lipinski definition) is 4. The van der Waals surface area contributed by atoms with Gasteiger partial charge in [-0.1, -0.05) is 37.0 Å². The predicted molar refractivity (Wildman–Crippen MR) is 92.6 cm³/mol. The molecule has 0 aliphatic heterocycles. The Hall–Kier alpha value is -1.49. The minimum atomic E-state index is -0.827. The fourth-order valence-electron chi connectivity index (χ4n) is 3.04. The number of thioether (sulfide) groups is 1. The Morgan fingerprint density at radius 1 is 1.22 bits per heavy atom. The molecule has 1 saturated carbocycles. The molecule has 1 aromatic carbocycles. The standard InChI is InChI=1S/C18H25NO3S/c1-13-7-8-14(2)15(11-13)23-12-16(20)19-18(17(21)22-3)9-5-4-6-10-18/h7-8,11H,4-6,9-10,12H2,1-3H3,(H,19,20). The Bertz CT molecular complexity index is 580. The molecule has 0 saturated heterocycles. The van der Waals surface area contributed by atoms with Crippen molar-refractivity contribution in [2.24, 2.45) is 0 Å². The molecule has 0 unspecified atom stereocenters. The smallest absolute Gasteiger partial charge is 0.331 e. The number of aryl methyl sites for hydroxylation is 2. The summed E-state index contributed by atoms with van der Waals surface area (Å²) in [7, 11) is 1.38. The van der Waals surface area contributed by atoms with Crippen molar-refractivity contribution >= 4 is 23.6 Å². The van der Waals surface area contributed by atoms with Crippen LogP contribution >= 0.6 is 11.8 Å². The first-order chi connectivity index (χ1) is 11.0. The first-order valence-electron chi connectivity index (χ1n) is 8.06. The van der Waals surface area contributed by atoms with Gasteiger partial charge < -0.3 is 10.1 Å². The Balaban J connectivity index is 1.99. The topological polar surface area (TPSA) is 55.4 Å². The lowest BCUT2D eigenvalue weighted by molar-refractivity contribution is -0.152. The molecule has 126 valence electrons. The molecule has 1 aliphatic carbocycles. The summed E-state index contributed by atoms with van der Waals surface area (Å²) in [6, 6.07) is 6.21. The van der Waals surface area contributed by atoms with Crippen LogP contribution in [0.25, 0.3) is 0 Å². The van der Waals surface area contributed by atoms with Gasteiger partial charge in [-0.05, 0) is 38.3 Å². The normalized spacial score (nSPS) is 16.7. The van der Waals surface area contributed by atoms with Crippen molar-refractivity contribution in [3.05, 3.63) is 29.3 Å². The third kappa shape index (κ3) is 4.50. The van der Waals surface area contributed by atoms with Crippen molar-refractivity contribution in [1.29, 1.82) is 0 Å². The molecular weight excluding hydrogens is 310 g/mol. The van der Waals surface area contributed by atoms with E-state index in [1.165, 1.54) is 24.4 Å². The summed E-state index contributed by atoms with van der Waals surface area (Å²) in [6.07, 6.45) is 4.32. The Morgan fingerprint density at radius 3 is 2.57 bits per heavy atom. The maximum absolute atomic E-state index is 12.4. The highest BCUT2D eigenvalue weighted by molar-refractivity contribution is 8.00. The van der Waals surface area contributed by atoms with E-state index in [1.54, 1.807) is 0 Å². The second-order valence-electron chi connectivity index (χ2n) is 6.24. The molecular formula is C18H25NO3S. The minimum absolute atomic E-state index is 0.108. The van der Waals surface area contributed by atoms with Gasteiger partial charge in [0.2, 0.25) is 5.91 Å². The van der Waals surface area contributed by atoms with Crippen LogP contribution in [-0.4, -0.2) is 30.3 Å². The van der Waals surface area contributed by atoms with Crippen LogP contribution < -0.4 is 5.32 Å². The zero-order chi connectivity index (χ0) is 16.9. The average molecular weight is 335 g/mol. The monoisotopic (exact) mass is 335 g/mol. The number of ether oxygens (including phenoxy) is 1. The van der Waals surface area contributed by atoms with E-state index < -0.39 is 5.54 Å². The van der Waals surface area contributed by atoms with E-state index in [2.05, 4.69) is 23.5 Å². The lowest BCUT2D eigenvalue weighted by Crippen LogP contribution is -2.56. The number of esters is 1. The average Bonchev–Trinajstić information content (AvgIpc) is 2.55. The third-order valence-electron chi connectivity index (χ3n) is 4.36. The van der Waals surface area contributed by atoms with Crippen LogP contribution in [0.15, 0.2) is 23.1 Å². The zero-order valence-electron chi connectivity index (χ0n) is 14.1. The molecule has 0 aromatic heterocycles. The fourth-order valence-corrected chi connectivity index (χ4v) is 3.96. The maximum Gasteiger partial charge on any atom is 0.331 e. The van der Waals surface area contributed by atoms with Crippen LogP contribution in [0.5, 0.6) is 0 Å². The lowest BCUT2D eigenvalue weighted by Gasteiger charge is -2.35. The van der Waals surface area contributed by atoms with E-state index in [1.807, 2.05) is 13.8 Å². The summed E-state index contributed by atoms with van der Waals surface area (Å²) < 4.78 is 4.93. The summed E-state index contributed by atoms with van der Waals surface area (Å²) in [5.41, 5.74) is 1.51. The molecule has 1 aliphatic rings. The molecule has 5 heteroatoms. The quantitative estimate of drug-likeness (QED) is 0.662. The van der Waals surface area contributed by atoms with Crippen molar-refractivity contribution in [1.82, 2.24) is 5.32 Å². The van der Waals surface area contributed by atoms with Gasteiger partial charge in [-0.25, -0.2) is 4.79 Å². The highest BCUT2D eigenvalue weighted by atomic mass is 32.2. The zero-order valence-corrected chi connectivity index (χ0v) is 14.9. The molecule has 23 heavy (non-hydrogen) atoms. The van der Waals surface area contributed by atoms with Crippen LogP contribution in [0.2, 0.25) is 0 Å². The van der Waals surface area contributed by atoms with Crippen molar-refractivity contribution in [3.63, 3.8) is 0 Å². The second kappa shape index (κ2) is 7.86. The minimum Gasteiger partial charge on any atom is -0.467 e. The van der Waals surface area contributed by atoms with Gasteiger partial charge in [-0.15, -0.1) is 11.8 Å². The predicted octanol–water partition coefficient (Wildman–Crippen LogP) is 3.39. The van der Waals surface area contributed by atoms with Gasteiger partial charge in [-0.3, -0.25) is 4.79 Å². The molecule has 0 atom stereocenters. The van der Waals surface area contributed by atoms with Crippen LogP contribution in [0.4, 0.5) is 0 Å². The van der Waals surface area contributed by atoms with Crippen LogP contribution in [0.1, 0.15) is 43.2 Å². The number of methoxy groups -OCH3 is 1. The van der Waals surface area contributed by atoms with E-state index in [0.29, 0.717) is 18.6 Å². The van der Waals surface area contributed by atoms with Crippen molar-refractivity contribution in [3.8, 4) is 0 Å². The van der Waals surface area contributed by atoms with E-state index in [0.717, 1.165) is 29.7 Å². The number of benzene rings is 1. The van der Waals surface area contributed by atoms with Crippen LogP contribution in [-0.2, 0) is 14.3 Å². The van der Waals surface area contributed by atoms with Gasteiger partial charge in [-0.2, -0.15) is 0 Å². The van der Waals surface area contributed by atoms with Gasteiger partial charge in [0.15, 0.2) is 0 Å². The summed E-state index contributed by atoms with van der Waals surface area (Å²) in [5.74, 6) is -0.117. The van der Waals surface area contributed by atoms with Crippen molar-refractivity contribution < 1.29 is 14.3 Å². The maximum atomic E-state index is 12.4. The largest absolute Gasteiger partial charge is 0.467 e. The second-order valence-corrected chi connectivity index (χ2v) is 7.26. The molecule has 4 nitrogen and oxygen atoms in total. The molecule has 1 fully saturated rings.